The number of carbonyl (C=O) groups excluding carboxylic acids is 1. The van der Waals surface area contributed by atoms with Crippen molar-refractivity contribution < 1.29 is 9.53 Å². The van der Waals surface area contributed by atoms with Gasteiger partial charge in [-0.25, -0.2) is 0 Å². The number of piperidine rings is 1. The van der Waals surface area contributed by atoms with E-state index in [0.717, 1.165) is 31.5 Å². The Morgan fingerprint density at radius 2 is 2.05 bits per heavy atom. The predicted octanol–water partition coefficient (Wildman–Crippen LogP) is 2.31. The zero-order chi connectivity index (χ0) is 15.3. The third-order valence-electron chi connectivity index (χ3n) is 4.15. The number of nitrogens with one attached hydrogen (secondary N) is 1. The molecule has 1 aromatic carbocycles. The van der Waals surface area contributed by atoms with E-state index in [1.165, 1.54) is 0 Å². The van der Waals surface area contributed by atoms with Crippen molar-refractivity contribution in [1.29, 1.82) is 0 Å². The first kappa shape index (κ1) is 16.3. The molecular formula is C16H23ClN2O2. The summed E-state index contributed by atoms with van der Waals surface area (Å²) in [7, 11) is 3.50. The number of nitrogens with zero attached hydrogens (tertiary/aromatic N) is 1. The molecule has 0 radical (unpaired) electrons. The van der Waals surface area contributed by atoms with Crippen LogP contribution < -0.4 is 5.32 Å². The summed E-state index contributed by atoms with van der Waals surface area (Å²) in [6, 6.07) is 7.64. The molecule has 0 bridgehead atoms. The average molecular weight is 311 g/mol. The Bertz CT molecular complexity index is 481. The van der Waals surface area contributed by atoms with Gasteiger partial charge in [-0.1, -0.05) is 29.8 Å². The minimum Gasteiger partial charge on any atom is -0.384 e. The van der Waals surface area contributed by atoms with E-state index in [9.17, 15) is 4.79 Å². The van der Waals surface area contributed by atoms with Crippen LogP contribution in [0.5, 0.6) is 0 Å². The van der Waals surface area contributed by atoms with Gasteiger partial charge in [-0.2, -0.15) is 0 Å². The summed E-state index contributed by atoms with van der Waals surface area (Å²) >= 11 is 6.18. The molecule has 1 N–H and O–H groups in total. The minimum absolute atomic E-state index is 0.144. The molecule has 1 aliphatic rings. The number of ether oxygens (including phenoxy) is 1. The highest BCUT2D eigenvalue weighted by Gasteiger charge is 2.41. The normalized spacial score (nSPS) is 17.5. The molecule has 21 heavy (non-hydrogen) atoms. The molecule has 1 amide bonds. The molecule has 116 valence electrons. The lowest BCUT2D eigenvalue weighted by molar-refractivity contribution is -0.146. The van der Waals surface area contributed by atoms with Crippen LogP contribution in [0.3, 0.4) is 0 Å². The SMILES string of the molecule is COCC1(C(=O)N(C)Cc2ccccc2Cl)CCNCC1. The standard InChI is InChI=1S/C16H23ClN2O2/c1-19(11-13-5-3-4-6-14(13)17)15(20)16(12-21-2)7-9-18-10-8-16/h3-6,18H,7-12H2,1-2H3. The maximum Gasteiger partial charge on any atom is 0.231 e. The molecule has 1 saturated heterocycles. The van der Waals surface area contributed by atoms with Crippen LogP contribution in [0.25, 0.3) is 0 Å². The fraction of sp³-hybridized carbons (Fsp3) is 0.562. The second-order valence-corrected chi connectivity index (χ2v) is 6.12. The van der Waals surface area contributed by atoms with E-state index >= 15 is 0 Å². The zero-order valence-corrected chi connectivity index (χ0v) is 13.4. The number of halogens is 1. The van der Waals surface area contributed by atoms with Gasteiger partial charge < -0.3 is 15.0 Å². The monoisotopic (exact) mass is 310 g/mol. The molecule has 0 unspecified atom stereocenters. The Morgan fingerprint density at radius 1 is 1.38 bits per heavy atom. The van der Waals surface area contributed by atoms with Gasteiger partial charge in [0.25, 0.3) is 0 Å². The van der Waals surface area contributed by atoms with E-state index in [0.29, 0.717) is 18.2 Å². The van der Waals surface area contributed by atoms with Crippen molar-refractivity contribution in [1.82, 2.24) is 10.2 Å². The Balaban J connectivity index is 2.11. The highest BCUT2D eigenvalue weighted by Crippen LogP contribution is 2.32. The quantitative estimate of drug-likeness (QED) is 0.907. The number of amides is 1. The van der Waals surface area contributed by atoms with Gasteiger partial charge in [0.15, 0.2) is 0 Å². The summed E-state index contributed by atoms with van der Waals surface area (Å²) in [4.78, 5) is 14.7. The number of hydrogen-bond acceptors (Lipinski definition) is 3. The van der Waals surface area contributed by atoms with E-state index in [1.807, 2.05) is 31.3 Å². The second-order valence-electron chi connectivity index (χ2n) is 5.72. The van der Waals surface area contributed by atoms with E-state index in [1.54, 1.807) is 12.0 Å². The maximum atomic E-state index is 12.9. The van der Waals surface area contributed by atoms with Crippen LogP contribution >= 0.6 is 11.6 Å². The van der Waals surface area contributed by atoms with Gasteiger partial charge in [0.1, 0.15) is 0 Å². The second kappa shape index (κ2) is 7.25. The van der Waals surface area contributed by atoms with Crippen LogP contribution in [0, 0.1) is 5.41 Å². The highest BCUT2D eigenvalue weighted by atomic mass is 35.5. The smallest absolute Gasteiger partial charge is 0.231 e. The molecule has 0 spiro atoms. The van der Waals surface area contributed by atoms with Gasteiger partial charge in [-0.15, -0.1) is 0 Å². The summed E-state index contributed by atoms with van der Waals surface area (Å²) < 4.78 is 5.33. The van der Waals surface area contributed by atoms with E-state index in [4.69, 9.17) is 16.3 Å². The third-order valence-corrected chi connectivity index (χ3v) is 4.52. The molecule has 4 nitrogen and oxygen atoms in total. The van der Waals surface area contributed by atoms with Crippen molar-refractivity contribution in [2.24, 2.45) is 5.41 Å². The largest absolute Gasteiger partial charge is 0.384 e. The van der Waals surface area contributed by atoms with Crippen molar-refractivity contribution in [3.63, 3.8) is 0 Å². The van der Waals surface area contributed by atoms with Crippen molar-refractivity contribution in [2.45, 2.75) is 19.4 Å². The number of rotatable bonds is 5. The van der Waals surface area contributed by atoms with Gasteiger partial charge in [0.2, 0.25) is 5.91 Å². The van der Waals surface area contributed by atoms with Crippen molar-refractivity contribution in [3.05, 3.63) is 34.9 Å². The molecule has 0 saturated carbocycles. The van der Waals surface area contributed by atoms with Crippen LogP contribution in [0.15, 0.2) is 24.3 Å². The highest BCUT2D eigenvalue weighted by molar-refractivity contribution is 6.31. The van der Waals surface area contributed by atoms with Crippen molar-refractivity contribution in [3.8, 4) is 0 Å². The van der Waals surface area contributed by atoms with Gasteiger partial charge in [-0.05, 0) is 37.6 Å². The first-order valence-corrected chi connectivity index (χ1v) is 7.65. The first-order chi connectivity index (χ1) is 10.1. The molecule has 1 fully saturated rings. The van der Waals surface area contributed by atoms with Gasteiger partial charge in [0.05, 0.1) is 12.0 Å². The molecular weight excluding hydrogens is 288 g/mol. The van der Waals surface area contributed by atoms with E-state index in [2.05, 4.69) is 5.32 Å². The Morgan fingerprint density at radius 3 is 2.67 bits per heavy atom. The summed E-state index contributed by atoms with van der Waals surface area (Å²) in [6.45, 7) is 2.71. The van der Waals surface area contributed by atoms with E-state index < -0.39 is 5.41 Å². The first-order valence-electron chi connectivity index (χ1n) is 7.28. The van der Waals surface area contributed by atoms with Gasteiger partial charge in [0, 0.05) is 25.7 Å². The summed E-state index contributed by atoms with van der Waals surface area (Å²) in [5.74, 6) is 0.144. The van der Waals surface area contributed by atoms with Crippen LogP contribution in [-0.2, 0) is 16.1 Å². The van der Waals surface area contributed by atoms with Crippen molar-refractivity contribution >= 4 is 17.5 Å². The van der Waals surface area contributed by atoms with Gasteiger partial charge in [-0.3, -0.25) is 4.79 Å². The topological polar surface area (TPSA) is 41.6 Å². The summed E-state index contributed by atoms with van der Waals surface area (Å²) in [5.41, 5.74) is 0.562. The zero-order valence-electron chi connectivity index (χ0n) is 12.7. The molecule has 0 atom stereocenters. The van der Waals surface area contributed by atoms with Crippen LogP contribution in [0.4, 0.5) is 0 Å². The maximum absolute atomic E-state index is 12.9. The van der Waals surface area contributed by atoms with Crippen LogP contribution in [-0.4, -0.2) is 44.7 Å². The Labute approximate surface area is 131 Å². The fourth-order valence-electron chi connectivity index (χ4n) is 2.96. The van der Waals surface area contributed by atoms with Crippen molar-refractivity contribution in [2.75, 3.05) is 33.9 Å². The van der Waals surface area contributed by atoms with Crippen LogP contribution in [0.2, 0.25) is 5.02 Å². The molecule has 1 heterocycles. The number of hydrogen-bond donors (Lipinski definition) is 1. The lowest BCUT2D eigenvalue weighted by atomic mass is 9.78. The third kappa shape index (κ3) is 3.76. The fourth-order valence-corrected chi connectivity index (χ4v) is 3.16. The number of benzene rings is 1. The predicted molar refractivity (Wildman–Crippen MR) is 84.3 cm³/mol. The van der Waals surface area contributed by atoms with Gasteiger partial charge >= 0.3 is 0 Å². The molecule has 2 rings (SSSR count). The minimum atomic E-state index is -0.407. The average Bonchev–Trinajstić information content (AvgIpc) is 2.50. The molecule has 1 aromatic rings. The number of methoxy groups -OCH3 is 1. The summed E-state index contributed by atoms with van der Waals surface area (Å²) in [6.07, 6.45) is 1.62. The van der Waals surface area contributed by atoms with Crippen LogP contribution in [0.1, 0.15) is 18.4 Å². The number of carbonyl (C=O) groups is 1. The lowest BCUT2D eigenvalue weighted by Gasteiger charge is -2.38. The summed E-state index contributed by atoms with van der Waals surface area (Å²) in [5, 5.41) is 4.00. The van der Waals surface area contributed by atoms with E-state index in [-0.39, 0.29) is 5.91 Å². The molecule has 1 aliphatic heterocycles. The molecule has 5 heteroatoms. The Kier molecular flexibility index (Phi) is 5.62. The Hall–Kier alpha value is -1.10. The lowest BCUT2D eigenvalue weighted by Crippen LogP contribution is -2.50. The molecule has 0 aromatic heterocycles. The molecule has 0 aliphatic carbocycles.